The predicted molar refractivity (Wildman–Crippen MR) is 145 cm³/mol. The highest BCUT2D eigenvalue weighted by Gasteiger charge is 2.46. The molecule has 224 valence electrons. The van der Waals surface area contributed by atoms with Crippen molar-refractivity contribution in [3.63, 3.8) is 0 Å². The maximum Gasteiger partial charge on any atom is 0.490 e. The Morgan fingerprint density at radius 1 is 1.12 bits per heavy atom. The first-order valence-corrected chi connectivity index (χ1v) is 14.2. The van der Waals surface area contributed by atoms with Crippen LogP contribution in [0.2, 0.25) is 0 Å². The fraction of sp³-hybridized carbons (Fsp3) is 0.643. The van der Waals surface area contributed by atoms with Crippen LogP contribution >= 0.6 is 0 Å². The summed E-state index contributed by atoms with van der Waals surface area (Å²) in [6.07, 6.45) is 1.20. The van der Waals surface area contributed by atoms with Gasteiger partial charge in [0.05, 0.1) is 22.8 Å². The van der Waals surface area contributed by atoms with Crippen molar-refractivity contribution in [3.05, 3.63) is 23.9 Å². The van der Waals surface area contributed by atoms with Crippen LogP contribution in [0.4, 0.5) is 18.9 Å². The Balaban J connectivity index is 0.000000431. The van der Waals surface area contributed by atoms with E-state index in [1.165, 1.54) is 51.0 Å². The highest BCUT2D eigenvalue weighted by atomic mass is 19.4. The predicted octanol–water partition coefficient (Wildman–Crippen LogP) is 2.63. The molecule has 3 aliphatic heterocycles. The van der Waals surface area contributed by atoms with Crippen molar-refractivity contribution in [1.82, 2.24) is 25.3 Å². The molecule has 4 fully saturated rings. The van der Waals surface area contributed by atoms with Gasteiger partial charge in [0.2, 0.25) is 11.8 Å². The SMILES string of the molecule is Cn1nc(C2CCC(=O)NC2=O)c2cccc(N3CC4(CCC(CN5CCNCC5)CC4)C3)c21.O=C(O)C(F)(F)F. The quantitative estimate of drug-likeness (QED) is 0.474. The van der Waals surface area contributed by atoms with Gasteiger partial charge in [-0.2, -0.15) is 18.3 Å². The maximum absolute atomic E-state index is 12.5. The first-order chi connectivity index (χ1) is 19.5. The summed E-state index contributed by atoms with van der Waals surface area (Å²) in [4.78, 5) is 38.2. The number of carboxylic acid groups (broad SMARTS) is 1. The summed E-state index contributed by atoms with van der Waals surface area (Å²) >= 11 is 0. The summed E-state index contributed by atoms with van der Waals surface area (Å²) in [5, 5.41) is 18.9. The van der Waals surface area contributed by atoms with E-state index in [9.17, 15) is 22.8 Å². The number of piperidine rings is 1. The zero-order valence-corrected chi connectivity index (χ0v) is 23.2. The number of hydrogen-bond acceptors (Lipinski definition) is 7. The summed E-state index contributed by atoms with van der Waals surface area (Å²) in [7, 11) is 1.97. The van der Waals surface area contributed by atoms with Crippen molar-refractivity contribution in [2.75, 3.05) is 50.7 Å². The molecule has 4 aliphatic rings. The van der Waals surface area contributed by atoms with Gasteiger partial charge in [-0.1, -0.05) is 12.1 Å². The molecule has 0 radical (unpaired) electrons. The molecule has 3 N–H and O–H groups in total. The second-order valence-electron chi connectivity index (χ2n) is 11.8. The van der Waals surface area contributed by atoms with E-state index in [-0.39, 0.29) is 17.7 Å². The number of carbonyl (C=O) groups excluding carboxylic acids is 2. The summed E-state index contributed by atoms with van der Waals surface area (Å²) in [6.45, 7) is 8.18. The molecule has 1 aromatic carbocycles. The van der Waals surface area contributed by atoms with Crippen LogP contribution in [0.5, 0.6) is 0 Å². The van der Waals surface area contributed by atoms with Crippen LogP contribution in [0.15, 0.2) is 18.2 Å². The lowest BCUT2D eigenvalue weighted by Gasteiger charge is -2.55. The van der Waals surface area contributed by atoms with Crippen molar-refractivity contribution in [2.24, 2.45) is 18.4 Å². The number of benzene rings is 1. The van der Waals surface area contributed by atoms with Gasteiger partial charge in [-0.05, 0) is 44.1 Å². The van der Waals surface area contributed by atoms with E-state index >= 15 is 0 Å². The molecular formula is C28H37F3N6O4. The Labute approximate surface area is 236 Å². The molecule has 4 heterocycles. The van der Waals surface area contributed by atoms with E-state index in [1.807, 2.05) is 11.7 Å². The molecule has 1 atom stereocenters. The first kappa shape index (κ1) is 29.3. The normalized spacial score (nSPS) is 23.6. The molecule has 13 heteroatoms. The van der Waals surface area contributed by atoms with Crippen molar-refractivity contribution >= 4 is 34.4 Å². The van der Waals surface area contributed by atoms with Crippen LogP contribution < -0.4 is 15.5 Å². The van der Waals surface area contributed by atoms with Crippen LogP contribution in [0.25, 0.3) is 10.9 Å². The molecule has 1 unspecified atom stereocenters. The lowest BCUT2D eigenvalue weighted by molar-refractivity contribution is -0.192. The van der Waals surface area contributed by atoms with Crippen LogP contribution in [0, 0.1) is 11.3 Å². The molecule has 1 aliphatic carbocycles. The fourth-order valence-corrected chi connectivity index (χ4v) is 6.79. The number of nitrogens with zero attached hydrogens (tertiary/aromatic N) is 4. The number of amides is 2. The lowest BCUT2D eigenvalue weighted by Crippen LogP contribution is -2.58. The Morgan fingerprint density at radius 2 is 1.78 bits per heavy atom. The standard InChI is InChI=1S/C26H36N6O2.C2HF3O2/c1-30-24-19(23(29-30)20-5-6-22(33)28-25(20)34)3-2-4-21(24)32-16-26(17-32)9-7-18(8-10-26)15-31-13-11-27-12-14-31;3-2(4,5)1(6)7/h2-4,18,20,27H,5-17H2,1H3,(H,28,33,34);(H,6,7). The third kappa shape index (κ3) is 6.35. The van der Waals surface area contributed by atoms with Gasteiger partial charge in [-0.25, -0.2) is 4.79 Å². The number of piperazine rings is 1. The zero-order chi connectivity index (χ0) is 29.4. The molecule has 2 aromatic rings. The smallest absolute Gasteiger partial charge is 0.475 e. The van der Waals surface area contributed by atoms with Crippen LogP contribution in [-0.4, -0.2) is 89.6 Å². The molecule has 1 saturated carbocycles. The van der Waals surface area contributed by atoms with Gasteiger partial charge in [0.25, 0.3) is 0 Å². The molecular weight excluding hydrogens is 541 g/mol. The molecule has 1 spiro atoms. The van der Waals surface area contributed by atoms with Gasteiger partial charge in [0.1, 0.15) is 0 Å². The fourth-order valence-electron chi connectivity index (χ4n) is 6.79. The van der Waals surface area contributed by atoms with E-state index in [4.69, 9.17) is 15.0 Å². The van der Waals surface area contributed by atoms with Crippen LogP contribution in [0.3, 0.4) is 0 Å². The average Bonchev–Trinajstić information content (AvgIpc) is 3.25. The number of aryl methyl sites for hydroxylation is 1. The van der Waals surface area contributed by atoms with Gasteiger partial charge >= 0.3 is 12.1 Å². The number of anilines is 1. The molecule has 2 amide bonds. The third-order valence-electron chi connectivity index (χ3n) is 8.97. The van der Waals surface area contributed by atoms with E-state index in [0.29, 0.717) is 18.3 Å². The van der Waals surface area contributed by atoms with Crippen molar-refractivity contribution < 1.29 is 32.7 Å². The monoisotopic (exact) mass is 578 g/mol. The first-order valence-electron chi connectivity index (χ1n) is 14.2. The summed E-state index contributed by atoms with van der Waals surface area (Å²) in [6, 6.07) is 6.35. The van der Waals surface area contributed by atoms with Crippen molar-refractivity contribution in [2.45, 2.75) is 50.6 Å². The maximum atomic E-state index is 12.5. The number of hydrogen-bond donors (Lipinski definition) is 3. The van der Waals surface area contributed by atoms with Gasteiger partial charge in [-0.3, -0.25) is 19.6 Å². The van der Waals surface area contributed by atoms with Gasteiger partial charge < -0.3 is 20.2 Å². The molecule has 1 aromatic heterocycles. The topological polar surface area (TPSA) is 120 Å². The second kappa shape index (κ2) is 11.6. The summed E-state index contributed by atoms with van der Waals surface area (Å²) in [5.41, 5.74) is 3.59. The number of carboxylic acids is 1. The van der Waals surface area contributed by atoms with E-state index in [0.717, 1.165) is 48.7 Å². The van der Waals surface area contributed by atoms with Gasteiger partial charge in [0.15, 0.2) is 0 Å². The number of halogens is 3. The number of rotatable bonds is 4. The van der Waals surface area contributed by atoms with E-state index < -0.39 is 12.1 Å². The molecule has 41 heavy (non-hydrogen) atoms. The molecule has 6 rings (SSSR count). The molecule has 0 bridgehead atoms. The Kier molecular flexibility index (Phi) is 8.29. The number of fused-ring (bicyclic) bond motifs is 1. The number of aromatic nitrogens is 2. The van der Waals surface area contributed by atoms with Crippen molar-refractivity contribution in [1.29, 1.82) is 0 Å². The number of alkyl halides is 3. The highest BCUT2D eigenvalue weighted by molar-refractivity contribution is 6.03. The Bertz CT molecular complexity index is 1290. The minimum absolute atomic E-state index is 0.185. The molecule has 10 nitrogen and oxygen atoms in total. The van der Waals surface area contributed by atoms with Crippen molar-refractivity contribution in [3.8, 4) is 0 Å². The molecule has 3 saturated heterocycles. The zero-order valence-electron chi connectivity index (χ0n) is 23.2. The third-order valence-corrected chi connectivity index (χ3v) is 8.97. The minimum atomic E-state index is -5.08. The van der Waals surface area contributed by atoms with Crippen LogP contribution in [0.1, 0.15) is 50.1 Å². The highest BCUT2D eigenvalue weighted by Crippen LogP contribution is 2.48. The minimum Gasteiger partial charge on any atom is -0.475 e. The number of para-hydroxylation sites is 1. The second-order valence-corrected chi connectivity index (χ2v) is 11.8. The average molecular weight is 579 g/mol. The van der Waals surface area contributed by atoms with Crippen LogP contribution in [-0.2, 0) is 21.4 Å². The summed E-state index contributed by atoms with van der Waals surface area (Å²) in [5.74, 6) is -2.66. The summed E-state index contributed by atoms with van der Waals surface area (Å²) < 4.78 is 33.7. The Hall–Kier alpha value is -3.19. The Morgan fingerprint density at radius 3 is 2.39 bits per heavy atom. The van der Waals surface area contributed by atoms with E-state index in [2.05, 4.69) is 38.6 Å². The number of imide groups is 1. The lowest BCUT2D eigenvalue weighted by atomic mass is 9.65. The van der Waals surface area contributed by atoms with Gasteiger partial charge in [-0.15, -0.1) is 0 Å². The largest absolute Gasteiger partial charge is 0.490 e. The van der Waals surface area contributed by atoms with Gasteiger partial charge in [0, 0.05) is 70.1 Å². The number of nitrogens with one attached hydrogen (secondary N) is 2. The number of aliphatic carboxylic acids is 1. The number of carbonyl (C=O) groups is 3. The van der Waals surface area contributed by atoms with E-state index in [1.54, 1.807) is 0 Å².